The minimum absolute atomic E-state index is 0.231. The van der Waals surface area contributed by atoms with Crippen molar-refractivity contribution in [3.05, 3.63) is 17.8 Å². The molecule has 2 heterocycles. The second-order valence-electron chi connectivity index (χ2n) is 5.63. The van der Waals surface area contributed by atoms with Crippen LogP contribution in [0.3, 0.4) is 0 Å². The van der Waals surface area contributed by atoms with Gasteiger partial charge in [0.05, 0.1) is 13.2 Å². The Morgan fingerprint density at radius 1 is 1.28 bits per heavy atom. The summed E-state index contributed by atoms with van der Waals surface area (Å²) >= 11 is 1.86. The number of aromatic nitrogens is 1. The first-order valence-corrected chi connectivity index (χ1v) is 7.26. The summed E-state index contributed by atoms with van der Waals surface area (Å²) in [5.74, 6) is 1.11. The Morgan fingerprint density at radius 2 is 1.94 bits per heavy atom. The van der Waals surface area contributed by atoms with Gasteiger partial charge in [-0.1, -0.05) is 20.8 Å². The lowest BCUT2D eigenvalue weighted by atomic mass is 10.2. The zero-order valence-corrected chi connectivity index (χ0v) is 12.5. The summed E-state index contributed by atoms with van der Waals surface area (Å²) in [7, 11) is 0. The number of hydrogen-bond donors (Lipinski definition) is 0. The zero-order chi connectivity index (χ0) is 13.2. The first kappa shape index (κ1) is 13.7. The highest BCUT2D eigenvalue weighted by Crippen LogP contribution is 2.33. The van der Waals surface area contributed by atoms with Gasteiger partial charge >= 0.3 is 0 Å². The number of pyridine rings is 1. The first-order chi connectivity index (χ1) is 8.46. The molecule has 1 fully saturated rings. The Labute approximate surface area is 114 Å². The van der Waals surface area contributed by atoms with Crippen LogP contribution in [0.15, 0.2) is 17.2 Å². The topological polar surface area (TPSA) is 25.4 Å². The van der Waals surface area contributed by atoms with Crippen molar-refractivity contribution >= 4 is 17.6 Å². The lowest BCUT2D eigenvalue weighted by Gasteiger charge is -2.29. The maximum absolute atomic E-state index is 5.38. The van der Waals surface area contributed by atoms with Crippen molar-refractivity contribution in [1.29, 1.82) is 0 Å². The average molecular weight is 266 g/mol. The molecular formula is C14H22N2OS. The normalized spacial score (nSPS) is 17.0. The van der Waals surface area contributed by atoms with Crippen LogP contribution in [0.5, 0.6) is 0 Å². The van der Waals surface area contributed by atoms with Gasteiger partial charge in [-0.05, 0) is 18.6 Å². The second-order valence-corrected chi connectivity index (χ2v) is 7.53. The van der Waals surface area contributed by atoms with Gasteiger partial charge in [0.15, 0.2) is 0 Å². The number of anilines is 1. The number of thioether (sulfide) groups is 1. The molecule has 100 valence electrons. The molecule has 2 rings (SSSR count). The van der Waals surface area contributed by atoms with Crippen molar-refractivity contribution in [2.45, 2.75) is 37.3 Å². The van der Waals surface area contributed by atoms with Crippen molar-refractivity contribution in [3.63, 3.8) is 0 Å². The summed E-state index contributed by atoms with van der Waals surface area (Å²) in [6.07, 6.45) is 1.99. The monoisotopic (exact) mass is 266 g/mol. The average Bonchev–Trinajstić information content (AvgIpc) is 2.28. The van der Waals surface area contributed by atoms with E-state index in [-0.39, 0.29) is 4.75 Å². The Balaban J connectivity index is 2.14. The minimum atomic E-state index is 0.231. The molecule has 0 aliphatic carbocycles. The summed E-state index contributed by atoms with van der Waals surface area (Å²) in [6.45, 7) is 12.3. The van der Waals surface area contributed by atoms with E-state index in [1.807, 2.05) is 18.0 Å². The standard InChI is InChI=1S/C14H22N2OS/c1-11-9-12(18-14(2,3)4)10-15-13(11)16-5-7-17-8-6-16/h9-10H,5-8H2,1-4H3. The third kappa shape index (κ3) is 3.62. The third-order valence-electron chi connectivity index (χ3n) is 2.76. The van der Waals surface area contributed by atoms with Crippen LogP contribution in [0.2, 0.25) is 0 Å². The van der Waals surface area contributed by atoms with Crippen LogP contribution in [-0.2, 0) is 4.74 Å². The molecule has 0 spiro atoms. The molecule has 0 unspecified atom stereocenters. The molecule has 18 heavy (non-hydrogen) atoms. The molecule has 0 amide bonds. The van der Waals surface area contributed by atoms with Gasteiger partial charge in [0.1, 0.15) is 5.82 Å². The maximum Gasteiger partial charge on any atom is 0.131 e. The molecule has 1 saturated heterocycles. The maximum atomic E-state index is 5.38. The van der Waals surface area contributed by atoms with E-state index < -0.39 is 0 Å². The van der Waals surface area contributed by atoms with Gasteiger partial charge in [-0.15, -0.1) is 11.8 Å². The number of nitrogens with zero attached hydrogens (tertiary/aromatic N) is 2. The molecule has 1 aliphatic rings. The highest BCUT2D eigenvalue weighted by atomic mass is 32.2. The van der Waals surface area contributed by atoms with Gasteiger partial charge in [0.2, 0.25) is 0 Å². The molecule has 0 radical (unpaired) electrons. The summed E-state index contributed by atoms with van der Waals surface area (Å²) < 4.78 is 5.61. The van der Waals surface area contributed by atoms with Gasteiger partial charge in [-0.25, -0.2) is 4.98 Å². The van der Waals surface area contributed by atoms with E-state index in [1.165, 1.54) is 10.5 Å². The zero-order valence-electron chi connectivity index (χ0n) is 11.7. The van der Waals surface area contributed by atoms with Crippen LogP contribution in [-0.4, -0.2) is 36.0 Å². The summed E-state index contributed by atoms with van der Waals surface area (Å²) in [5, 5.41) is 0. The molecule has 3 nitrogen and oxygen atoms in total. The Kier molecular flexibility index (Phi) is 4.17. The number of hydrogen-bond acceptors (Lipinski definition) is 4. The predicted octanol–water partition coefficient (Wildman–Crippen LogP) is 3.12. The number of aryl methyl sites for hydroxylation is 1. The van der Waals surface area contributed by atoms with Crippen molar-refractivity contribution in [2.75, 3.05) is 31.2 Å². The fraction of sp³-hybridized carbons (Fsp3) is 0.643. The van der Waals surface area contributed by atoms with E-state index in [2.05, 4.69) is 43.6 Å². The van der Waals surface area contributed by atoms with E-state index in [0.717, 1.165) is 32.1 Å². The second kappa shape index (κ2) is 5.49. The van der Waals surface area contributed by atoms with Gasteiger partial charge < -0.3 is 9.64 Å². The Hall–Kier alpha value is -0.740. The van der Waals surface area contributed by atoms with Gasteiger partial charge in [0.25, 0.3) is 0 Å². The van der Waals surface area contributed by atoms with Crippen LogP contribution in [0.1, 0.15) is 26.3 Å². The molecule has 0 bridgehead atoms. The molecule has 1 aromatic heterocycles. The van der Waals surface area contributed by atoms with Crippen molar-refractivity contribution < 1.29 is 4.74 Å². The largest absolute Gasteiger partial charge is 0.378 e. The smallest absolute Gasteiger partial charge is 0.131 e. The lowest BCUT2D eigenvalue weighted by Crippen LogP contribution is -2.37. The van der Waals surface area contributed by atoms with Crippen molar-refractivity contribution in [1.82, 2.24) is 4.98 Å². The molecule has 0 atom stereocenters. The van der Waals surface area contributed by atoms with Gasteiger partial charge in [-0.2, -0.15) is 0 Å². The molecule has 1 aliphatic heterocycles. The third-order valence-corrected chi connectivity index (χ3v) is 3.83. The number of ether oxygens (including phenoxy) is 1. The van der Waals surface area contributed by atoms with Crippen LogP contribution in [0.4, 0.5) is 5.82 Å². The Bertz CT molecular complexity index is 409. The first-order valence-electron chi connectivity index (χ1n) is 6.44. The van der Waals surface area contributed by atoms with Gasteiger partial charge in [-0.3, -0.25) is 0 Å². The highest BCUT2D eigenvalue weighted by Gasteiger charge is 2.17. The Morgan fingerprint density at radius 3 is 2.50 bits per heavy atom. The lowest BCUT2D eigenvalue weighted by molar-refractivity contribution is 0.122. The van der Waals surface area contributed by atoms with E-state index in [4.69, 9.17) is 4.74 Å². The fourth-order valence-electron chi connectivity index (χ4n) is 2.06. The van der Waals surface area contributed by atoms with Gasteiger partial charge in [0, 0.05) is 28.9 Å². The predicted molar refractivity (Wildman–Crippen MR) is 77.6 cm³/mol. The molecule has 4 heteroatoms. The number of rotatable bonds is 2. The SMILES string of the molecule is Cc1cc(SC(C)(C)C)cnc1N1CCOCC1. The minimum Gasteiger partial charge on any atom is -0.378 e. The molecule has 1 aromatic rings. The fourth-order valence-corrected chi connectivity index (χ4v) is 3.11. The van der Waals surface area contributed by atoms with Crippen molar-refractivity contribution in [2.24, 2.45) is 0 Å². The molecule has 0 aromatic carbocycles. The van der Waals surface area contributed by atoms with Crippen LogP contribution in [0.25, 0.3) is 0 Å². The summed E-state index contributed by atoms with van der Waals surface area (Å²) in [5.41, 5.74) is 1.26. The molecule has 0 N–H and O–H groups in total. The van der Waals surface area contributed by atoms with E-state index in [1.54, 1.807) is 0 Å². The molecular weight excluding hydrogens is 244 g/mol. The van der Waals surface area contributed by atoms with E-state index in [0.29, 0.717) is 0 Å². The summed E-state index contributed by atoms with van der Waals surface area (Å²) in [6, 6.07) is 2.24. The quantitative estimate of drug-likeness (QED) is 0.768. The van der Waals surface area contributed by atoms with E-state index >= 15 is 0 Å². The van der Waals surface area contributed by atoms with Crippen LogP contribution < -0.4 is 4.90 Å². The van der Waals surface area contributed by atoms with Crippen molar-refractivity contribution in [3.8, 4) is 0 Å². The molecule has 0 saturated carbocycles. The van der Waals surface area contributed by atoms with Crippen LogP contribution in [0, 0.1) is 6.92 Å². The summed E-state index contributed by atoms with van der Waals surface area (Å²) in [4.78, 5) is 8.19. The number of morpholine rings is 1. The highest BCUT2D eigenvalue weighted by molar-refractivity contribution is 8.00. The van der Waals surface area contributed by atoms with Crippen LogP contribution >= 0.6 is 11.8 Å². The van der Waals surface area contributed by atoms with E-state index in [9.17, 15) is 0 Å².